The highest BCUT2D eigenvalue weighted by Gasteiger charge is 2.11. The third-order valence-electron chi connectivity index (χ3n) is 2.32. The first-order valence-electron chi connectivity index (χ1n) is 4.94. The smallest absolute Gasteiger partial charge is 0.337 e. The molecular weight excluding hydrogens is 224 g/mol. The predicted octanol–water partition coefficient (Wildman–Crippen LogP) is 2.13. The fourth-order valence-corrected chi connectivity index (χ4v) is 1.49. The van der Waals surface area contributed by atoms with Crippen LogP contribution in [0.1, 0.15) is 17.3 Å². The Bertz CT molecular complexity index is 382. The van der Waals surface area contributed by atoms with E-state index in [1.807, 2.05) is 6.26 Å². The first-order valence-corrected chi connectivity index (χ1v) is 6.23. The van der Waals surface area contributed by atoms with Gasteiger partial charge in [-0.15, -0.1) is 0 Å². The van der Waals surface area contributed by atoms with Gasteiger partial charge >= 0.3 is 5.97 Å². The molecule has 0 aliphatic heterocycles. The van der Waals surface area contributed by atoms with E-state index >= 15 is 0 Å². The summed E-state index contributed by atoms with van der Waals surface area (Å²) < 4.78 is 0. The van der Waals surface area contributed by atoms with Crippen LogP contribution in [0.3, 0.4) is 0 Å². The zero-order chi connectivity index (χ0) is 12.1. The monoisotopic (exact) mass is 240 g/mol. The summed E-state index contributed by atoms with van der Waals surface area (Å²) in [4.78, 5) is 10.9. The van der Waals surface area contributed by atoms with Gasteiger partial charge < -0.3 is 16.2 Å². The van der Waals surface area contributed by atoms with Gasteiger partial charge in [-0.25, -0.2) is 4.79 Å². The maximum Gasteiger partial charge on any atom is 0.337 e. The van der Waals surface area contributed by atoms with Crippen molar-refractivity contribution in [1.29, 1.82) is 0 Å². The van der Waals surface area contributed by atoms with Crippen molar-refractivity contribution >= 4 is 29.1 Å². The molecule has 0 aromatic heterocycles. The second-order valence-electron chi connectivity index (χ2n) is 3.50. The van der Waals surface area contributed by atoms with E-state index in [0.29, 0.717) is 16.6 Å². The van der Waals surface area contributed by atoms with Crippen LogP contribution < -0.4 is 11.1 Å². The first-order chi connectivity index (χ1) is 7.56. The number of thioether (sulfide) groups is 1. The molecule has 1 unspecified atom stereocenters. The number of anilines is 2. The Hall–Kier alpha value is -1.36. The minimum absolute atomic E-state index is 0.141. The number of nitrogens with two attached hydrogens (primary N) is 1. The summed E-state index contributed by atoms with van der Waals surface area (Å²) in [7, 11) is 0. The van der Waals surface area contributed by atoms with Crippen molar-refractivity contribution in [2.75, 3.05) is 23.9 Å². The van der Waals surface area contributed by atoms with Gasteiger partial charge in [0.2, 0.25) is 0 Å². The largest absolute Gasteiger partial charge is 0.478 e. The summed E-state index contributed by atoms with van der Waals surface area (Å²) in [5.74, 6) is -1.00. The number of nitrogens with one attached hydrogen (secondary N) is 1. The molecule has 0 amide bonds. The number of carboxylic acids is 1. The molecular formula is C11H16N2O2S. The Balaban J connectivity index is 2.81. The minimum atomic E-state index is -1.00. The van der Waals surface area contributed by atoms with Gasteiger partial charge in [0.05, 0.1) is 16.9 Å². The standard InChI is InChI=1S/C11H16N2O2S/c1-7(16-2)6-13-9-5-3-4-8(10(9)12)11(14)15/h3-5,7,13H,6,12H2,1-2H3,(H,14,15). The lowest BCUT2D eigenvalue weighted by molar-refractivity contribution is 0.0698. The molecule has 5 heteroatoms. The van der Waals surface area contributed by atoms with Gasteiger partial charge in [-0.05, 0) is 18.4 Å². The summed E-state index contributed by atoms with van der Waals surface area (Å²) in [5.41, 5.74) is 6.88. The summed E-state index contributed by atoms with van der Waals surface area (Å²) in [6.45, 7) is 2.85. The molecule has 16 heavy (non-hydrogen) atoms. The Kier molecular flexibility index (Phi) is 4.49. The van der Waals surface area contributed by atoms with Crippen LogP contribution in [0.15, 0.2) is 18.2 Å². The van der Waals surface area contributed by atoms with E-state index in [0.717, 1.165) is 6.54 Å². The van der Waals surface area contributed by atoms with Crippen molar-refractivity contribution < 1.29 is 9.90 Å². The van der Waals surface area contributed by atoms with Crippen LogP contribution in [0.25, 0.3) is 0 Å². The molecule has 0 fully saturated rings. The van der Waals surface area contributed by atoms with E-state index in [1.165, 1.54) is 6.07 Å². The maximum absolute atomic E-state index is 10.9. The van der Waals surface area contributed by atoms with E-state index in [-0.39, 0.29) is 5.56 Å². The van der Waals surface area contributed by atoms with Crippen molar-refractivity contribution in [2.45, 2.75) is 12.2 Å². The molecule has 0 spiro atoms. The second kappa shape index (κ2) is 5.65. The number of nitrogen functional groups attached to an aromatic ring is 1. The summed E-state index contributed by atoms with van der Waals surface area (Å²) in [5, 5.41) is 12.5. The lowest BCUT2D eigenvalue weighted by Gasteiger charge is -2.13. The van der Waals surface area contributed by atoms with Crippen LogP contribution in [0.4, 0.5) is 11.4 Å². The fourth-order valence-electron chi connectivity index (χ4n) is 1.24. The molecule has 1 rings (SSSR count). The average molecular weight is 240 g/mol. The molecule has 0 heterocycles. The zero-order valence-electron chi connectivity index (χ0n) is 9.36. The van der Waals surface area contributed by atoms with Crippen LogP contribution in [-0.2, 0) is 0 Å². The van der Waals surface area contributed by atoms with Crippen molar-refractivity contribution in [3.05, 3.63) is 23.8 Å². The van der Waals surface area contributed by atoms with Crippen LogP contribution in [0.5, 0.6) is 0 Å². The Morgan fingerprint density at radius 1 is 1.62 bits per heavy atom. The number of hydrogen-bond donors (Lipinski definition) is 3. The molecule has 88 valence electrons. The topological polar surface area (TPSA) is 75.3 Å². The van der Waals surface area contributed by atoms with E-state index in [1.54, 1.807) is 23.9 Å². The summed E-state index contributed by atoms with van der Waals surface area (Å²) in [6.07, 6.45) is 2.03. The molecule has 0 radical (unpaired) electrons. The number of carboxylic acid groups (broad SMARTS) is 1. The second-order valence-corrected chi connectivity index (χ2v) is 4.78. The molecule has 0 saturated carbocycles. The first kappa shape index (κ1) is 12.7. The fraction of sp³-hybridized carbons (Fsp3) is 0.364. The predicted molar refractivity (Wildman–Crippen MR) is 69.3 cm³/mol. The number of aromatic carboxylic acids is 1. The van der Waals surface area contributed by atoms with Crippen molar-refractivity contribution in [3.63, 3.8) is 0 Å². The highest BCUT2D eigenvalue weighted by molar-refractivity contribution is 7.99. The molecule has 1 aromatic carbocycles. The highest BCUT2D eigenvalue weighted by Crippen LogP contribution is 2.23. The lowest BCUT2D eigenvalue weighted by Crippen LogP contribution is -2.14. The zero-order valence-corrected chi connectivity index (χ0v) is 10.2. The molecule has 0 aliphatic rings. The van der Waals surface area contributed by atoms with Crippen molar-refractivity contribution in [1.82, 2.24) is 0 Å². The Morgan fingerprint density at radius 3 is 2.88 bits per heavy atom. The Labute approximate surface area is 99.2 Å². The van der Waals surface area contributed by atoms with Gasteiger partial charge in [-0.2, -0.15) is 11.8 Å². The molecule has 4 nitrogen and oxygen atoms in total. The van der Waals surface area contributed by atoms with Gasteiger partial charge in [0.25, 0.3) is 0 Å². The number of rotatable bonds is 5. The quantitative estimate of drug-likeness (QED) is 0.687. The van der Waals surface area contributed by atoms with Gasteiger partial charge in [-0.1, -0.05) is 13.0 Å². The van der Waals surface area contributed by atoms with Crippen LogP contribution in [0.2, 0.25) is 0 Å². The van der Waals surface area contributed by atoms with E-state index in [2.05, 4.69) is 12.2 Å². The SMILES string of the molecule is CSC(C)CNc1cccc(C(=O)O)c1N. The van der Waals surface area contributed by atoms with Crippen LogP contribution >= 0.6 is 11.8 Å². The van der Waals surface area contributed by atoms with Gasteiger partial charge in [-0.3, -0.25) is 0 Å². The van der Waals surface area contributed by atoms with Crippen LogP contribution in [0, 0.1) is 0 Å². The maximum atomic E-state index is 10.9. The number of carbonyl (C=O) groups is 1. The van der Waals surface area contributed by atoms with E-state index in [4.69, 9.17) is 10.8 Å². The third kappa shape index (κ3) is 3.06. The molecule has 0 aliphatic carbocycles. The lowest BCUT2D eigenvalue weighted by atomic mass is 10.1. The average Bonchev–Trinajstić information content (AvgIpc) is 2.26. The van der Waals surface area contributed by atoms with Gasteiger partial charge in [0.15, 0.2) is 0 Å². The van der Waals surface area contributed by atoms with Gasteiger partial charge in [0.1, 0.15) is 0 Å². The number of hydrogen-bond acceptors (Lipinski definition) is 4. The molecule has 0 bridgehead atoms. The van der Waals surface area contributed by atoms with Gasteiger partial charge in [0, 0.05) is 11.8 Å². The molecule has 1 atom stereocenters. The molecule has 4 N–H and O–H groups in total. The van der Waals surface area contributed by atoms with E-state index in [9.17, 15) is 4.79 Å². The Morgan fingerprint density at radius 2 is 2.31 bits per heavy atom. The normalized spacial score (nSPS) is 12.1. The summed E-state index contributed by atoms with van der Waals surface area (Å²) in [6, 6.07) is 4.97. The third-order valence-corrected chi connectivity index (χ3v) is 3.29. The highest BCUT2D eigenvalue weighted by atomic mass is 32.2. The van der Waals surface area contributed by atoms with E-state index < -0.39 is 5.97 Å². The van der Waals surface area contributed by atoms with Crippen LogP contribution in [-0.4, -0.2) is 29.1 Å². The minimum Gasteiger partial charge on any atom is -0.478 e. The molecule has 1 aromatic rings. The summed E-state index contributed by atoms with van der Waals surface area (Å²) >= 11 is 1.74. The van der Waals surface area contributed by atoms with Crippen molar-refractivity contribution in [2.24, 2.45) is 0 Å². The molecule has 0 saturated heterocycles. The number of para-hydroxylation sites is 1. The van der Waals surface area contributed by atoms with Crippen molar-refractivity contribution in [3.8, 4) is 0 Å². The number of benzene rings is 1.